The fourth-order valence-electron chi connectivity index (χ4n) is 2.20. The van der Waals surface area contributed by atoms with E-state index in [2.05, 4.69) is 11.1 Å². The molecule has 0 saturated carbocycles. The van der Waals surface area contributed by atoms with Gasteiger partial charge in [0.25, 0.3) is 5.56 Å². The third kappa shape index (κ3) is 2.16. The second-order valence-corrected chi connectivity index (χ2v) is 4.56. The molecule has 0 aliphatic rings. The number of rotatable bonds is 2. The highest BCUT2D eigenvalue weighted by Crippen LogP contribution is 2.33. The van der Waals surface area contributed by atoms with Crippen LogP contribution in [0.1, 0.15) is 16.7 Å². The molecule has 0 atom stereocenters. The molecule has 0 saturated heterocycles. The number of hydrogen-bond donors (Lipinski definition) is 1. The van der Waals surface area contributed by atoms with E-state index in [1.54, 1.807) is 20.2 Å². The lowest BCUT2D eigenvalue weighted by atomic mass is 9.98. The van der Waals surface area contributed by atoms with Crippen molar-refractivity contribution in [1.29, 1.82) is 0 Å². The van der Waals surface area contributed by atoms with Crippen LogP contribution in [0.3, 0.4) is 0 Å². The molecule has 0 bridgehead atoms. The number of hydrogen-bond acceptors (Lipinski definition) is 2. The van der Waals surface area contributed by atoms with Crippen molar-refractivity contribution in [3.8, 4) is 16.9 Å². The summed E-state index contributed by atoms with van der Waals surface area (Å²) >= 11 is 0. The van der Waals surface area contributed by atoms with Crippen molar-refractivity contribution < 1.29 is 4.74 Å². The molecule has 0 amide bonds. The molecule has 1 heterocycles. The van der Waals surface area contributed by atoms with E-state index in [0.29, 0.717) is 5.56 Å². The standard InChI is InChI=1S/C15H17NO2/c1-9-5-10(2)14(13(6-9)18-4)12-7-11(3)15(17)16-8-12/h5-8H,1-4H3,(H,16,17). The lowest BCUT2D eigenvalue weighted by molar-refractivity contribution is 0.416. The van der Waals surface area contributed by atoms with E-state index in [-0.39, 0.29) is 5.56 Å². The maximum atomic E-state index is 11.4. The monoisotopic (exact) mass is 243 g/mol. The van der Waals surface area contributed by atoms with Gasteiger partial charge in [0.15, 0.2) is 0 Å². The van der Waals surface area contributed by atoms with Crippen molar-refractivity contribution in [2.45, 2.75) is 20.8 Å². The first-order valence-electron chi connectivity index (χ1n) is 5.88. The smallest absolute Gasteiger partial charge is 0.250 e. The van der Waals surface area contributed by atoms with Crippen LogP contribution in [0.15, 0.2) is 29.2 Å². The number of aromatic nitrogens is 1. The van der Waals surface area contributed by atoms with Crippen molar-refractivity contribution in [3.63, 3.8) is 0 Å². The van der Waals surface area contributed by atoms with Crippen molar-refractivity contribution in [1.82, 2.24) is 4.98 Å². The van der Waals surface area contributed by atoms with Crippen LogP contribution in [-0.2, 0) is 0 Å². The van der Waals surface area contributed by atoms with Gasteiger partial charge in [-0.05, 0) is 44.0 Å². The number of H-pyrrole nitrogens is 1. The summed E-state index contributed by atoms with van der Waals surface area (Å²) in [5.74, 6) is 0.832. The first-order valence-corrected chi connectivity index (χ1v) is 5.88. The number of ether oxygens (including phenoxy) is 1. The fourth-order valence-corrected chi connectivity index (χ4v) is 2.20. The van der Waals surface area contributed by atoms with Crippen molar-refractivity contribution in [2.75, 3.05) is 7.11 Å². The lowest BCUT2D eigenvalue weighted by Gasteiger charge is -2.13. The Labute approximate surface area is 106 Å². The average molecular weight is 243 g/mol. The van der Waals surface area contributed by atoms with Gasteiger partial charge < -0.3 is 9.72 Å². The number of methoxy groups -OCH3 is 1. The predicted molar refractivity (Wildman–Crippen MR) is 73.3 cm³/mol. The van der Waals surface area contributed by atoms with E-state index in [0.717, 1.165) is 28.0 Å². The van der Waals surface area contributed by atoms with Gasteiger partial charge in [-0.25, -0.2) is 0 Å². The molecule has 2 aromatic rings. The third-order valence-corrected chi connectivity index (χ3v) is 3.04. The third-order valence-electron chi connectivity index (χ3n) is 3.04. The number of aryl methyl sites for hydroxylation is 3. The van der Waals surface area contributed by atoms with E-state index in [9.17, 15) is 4.79 Å². The van der Waals surface area contributed by atoms with Gasteiger partial charge in [-0.2, -0.15) is 0 Å². The molecular formula is C15H17NO2. The van der Waals surface area contributed by atoms with Crippen LogP contribution in [0.25, 0.3) is 11.1 Å². The highest BCUT2D eigenvalue weighted by atomic mass is 16.5. The maximum absolute atomic E-state index is 11.4. The topological polar surface area (TPSA) is 42.1 Å². The Morgan fingerprint density at radius 3 is 2.39 bits per heavy atom. The van der Waals surface area contributed by atoms with Gasteiger partial charge in [0, 0.05) is 22.9 Å². The molecule has 1 aromatic heterocycles. The minimum absolute atomic E-state index is 0.0533. The molecule has 0 spiro atoms. The molecule has 0 fully saturated rings. The van der Waals surface area contributed by atoms with Gasteiger partial charge in [-0.1, -0.05) is 6.07 Å². The van der Waals surface area contributed by atoms with E-state index in [1.165, 1.54) is 0 Å². The highest BCUT2D eigenvalue weighted by molar-refractivity contribution is 5.74. The normalized spacial score (nSPS) is 10.4. The molecule has 18 heavy (non-hydrogen) atoms. The molecule has 94 valence electrons. The molecule has 1 N–H and O–H groups in total. The Bertz CT molecular complexity index is 641. The first-order chi connectivity index (χ1) is 8.52. The van der Waals surface area contributed by atoms with Gasteiger partial charge in [-0.15, -0.1) is 0 Å². The molecular weight excluding hydrogens is 226 g/mol. The minimum atomic E-state index is -0.0533. The molecule has 0 radical (unpaired) electrons. The van der Waals surface area contributed by atoms with Gasteiger partial charge in [0.1, 0.15) is 5.75 Å². The Morgan fingerprint density at radius 2 is 1.78 bits per heavy atom. The average Bonchev–Trinajstić information content (AvgIpc) is 2.32. The van der Waals surface area contributed by atoms with Crippen LogP contribution < -0.4 is 10.3 Å². The lowest BCUT2D eigenvalue weighted by Crippen LogP contribution is -2.08. The zero-order chi connectivity index (χ0) is 13.3. The molecule has 3 nitrogen and oxygen atoms in total. The molecule has 0 aliphatic heterocycles. The summed E-state index contributed by atoms with van der Waals surface area (Å²) in [6.45, 7) is 5.89. The summed E-state index contributed by atoms with van der Waals surface area (Å²) in [5, 5.41) is 0. The summed E-state index contributed by atoms with van der Waals surface area (Å²) in [4.78, 5) is 14.2. The van der Waals surface area contributed by atoms with E-state index in [1.807, 2.05) is 26.0 Å². The fraction of sp³-hybridized carbons (Fsp3) is 0.267. The van der Waals surface area contributed by atoms with Gasteiger partial charge in [-0.3, -0.25) is 4.79 Å². The maximum Gasteiger partial charge on any atom is 0.250 e. The largest absolute Gasteiger partial charge is 0.496 e. The van der Waals surface area contributed by atoms with Gasteiger partial charge in [0.2, 0.25) is 0 Å². The number of nitrogens with one attached hydrogen (secondary N) is 1. The summed E-state index contributed by atoms with van der Waals surface area (Å²) in [7, 11) is 1.66. The van der Waals surface area contributed by atoms with E-state index >= 15 is 0 Å². The van der Waals surface area contributed by atoms with Crippen LogP contribution in [0.5, 0.6) is 5.75 Å². The van der Waals surface area contributed by atoms with Crippen molar-refractivity contribution >= 4 is 0 Å². The molecule has 3 heteroatoms. The minimum Gasteiger partial charge on any atom is -0.496 e. The SMILES string of the molecule is COc1cc(C)cc(C)c1-c1c[nH]c(=O)c(C)c1. The second kappa shape index (κ2) is 4.69. The van der Waals surface area contributed by atoms with Crippen LogP contribution in [-0.4, -0.2) is 12.1 Å². The Hall–Kier alpha value is -2.03. The molecule has 0 unspecified atom stereocenters. The van der Waals surface area contributed by atoms with Crippen molar-refractivity contribution in [2.24, 2.45) is 0 Å². The second-order valence-electron chi connectivity index (χ2n) is 4.56. The number of benzene rings is 1. The van der Waals surface area contributed by atoms with Crippen molar-refractivity contribution in [3.05, 3.63) is 51.4 Å². The van der Waals surface area contributed by atoms with E-state index < -0.39 is 0 Å². The molecule has 1 aromatic carbocycles. The van der Waals surface area contributed by atoms with Gasteiger partial charge in [0.05, 0.1) is 7.11 Å². The Morgan fingerprint density at radius 1 is 1.06 bits per heavy atom. The summed E-state index contributed by atoms with van der Waals surface area (Å²) in [5.41, 5.74) is 4.95. The molecule has 0 aliphatic carbocycles. The number of aromatic amines is 1. The van der Waals surface area contributed by atoms with E-state index in [4.69, 9.17) is 4.74 Å². The van der Waals surface area contributed by atoms with Crippen LogP contribution in [0, 0.1) is 20.8 Å². The number of pyridine rings is 1. The highest BCUT2D eigenvalue weighted by Gasteiger charge is 2.11. The molecule has 2 rings (SSSR count). The van der Waals surface area contributed by atoms with Crippen LogP contribution >= 0.6 is 0 Å². The van der Waals surface area contributed by atoms with Crippen LogP contribution in [0.2, 0.25) is 0 Å². The Balaban J connectivity index is 2.69. The quantitative estimate of drug-likeness (QED) is 0.881. The zero-order valence-corrected chi connectivity index (χ0v) is 11.1. The predicted octanol–water partition coefficient (Wildman–Crippen LogP) is 2.98. The first kappa shape index (κ1) is 12.4. The zero-order valence-electron chi connectivity index (χ0n) is 11.1. The summed E-state index contributed by atoms with van der Waals surface area (Å²) in [6.07, 6.45) is 1.73. The van der Waals surface area contributed by atoms with Gasteiger partial charge >= 0.3 is 0 Å². The summed E-state index contributed by atoms with van der Waals surface area (Å²) in [6, 6.07) is 6.00. The van der Waals surface area contributed by atoms with Crippen LogP contribution in [0.4, 0.5) is 0 Å². The summed E-state index contributed by atoms with van der Waals surface area (Å²) < 4.78 is 5.44. The Kier molecular flexibility index (Phi) is 3.24.